The van der Waals surface area contributed by atoms with Crippen LogP contribution in [0.1, 0.15) is 52.3 Å². The number of aromatic nitrogens is 4. The predicted octanol–water partition coefficient (Wildman–Crippen LogP) is 5.74. The first-order valence-electron chi connectivity index (χ1n) is 10.5. The quantitative estimate of drug-likeness (QED) is 0.324. The Hall–Kier alpha value is -3.93. The summed E-state index contributed by atoms with van der Waals surface area (Å²) in [7, 11) is 0. The van der Waals surface area contributed by atoms with Gasteiger partial charge in [-0.25, -0.2) is 19.9 Å². The van der Waals surface area contributed by atoms with Crippen LogP contribution in [-0.2, 0) is 12.6 Å². The smallest absolute Gasteiger partial charge is 0.355 e. The summed E-state index contributed by atoms with van der Waals surface area (Å²) in [6, 6.07) is 6.69. The summed E-state index contributed by atoms with van der Waals surface area (Å²) >= 11 is 1.40. The maximum Gasteiger partial charge on any atom is 0.416 e. The monoisotopic (exact) mass is 498 g/mol. The van der Waals surface area contributed by atoms with Crippen LogP contribution in [0.2, 0.25) is 0 Å². The van der Waals surface area contributed by atoms with Crippen LogP contribution >= 0.6 is 11.3 Å². The number of benzene rings is 1. The van der Waals surface area contributed by atoms with Crippen LogP contribution in [0.3, 0.4) is 0 Å². The van der Waals surface area contributed by atoms with E-state index in [-0.39, 0.29) is 30.2 Å². The molecule has 0 saturated carbocycles. The fourth-order valence-electron chi connectivity index (χ4n) is 3.64. The number of carbonyl (C=O) groups excluding carboxylic acids is 1. The normalized spacial score (nSPS) is 13.9. The van der Waals surface area contributed by atoms with Crippen LogP contribution in [0.4, 0.5) is 29.8 Å². The van der Waals surface area contributed by atoms with Crippen molar-refractivity contribution < 1.29 is 22.5 Å². The van der Waals surface area contributed by atoms with E-state index in [2.05, 4.69) is 30.4 Å². The molecule has 3 aromatic heterocycles. The summed E-state index contributed by atoms with van der Waals surface area (Å²) in [5.41, 5.74) is 1.52. The molecule has 0 spiro atoms. The Bertz CT molecular complexity index is 1410. The number of alkyl halides is 3. The summed E-state index contributed by atoms with van der Waals surface area (Å²) in [5.74, 6) is 0.340. The minimum Gasteiger partial charge on any atom is -0.355 e. The molecule has 1 aromatic carbocycles. The highest BCUT2D eigenvalue weighted by molar-refractivity contribution is 7.13. The second-order valence-corrected chi connectivity index (χ2v) is 8.87. The molecule has 0 saturated heterocycles. The number of hydrogen-bond acceptors (Lipinski definition) is 9. The van der Waals surface area contributed by atoms with Gasteiger partial charge in [-0.1, -0.05) is 12.1 Å². The molecule has 0 unspecified atom stereocenters. The van der Waals surface area contributed by atoms with E-state index in [1.807, 2.05) is 12.3 Å². The van der Waals surface area contributed by atoms with Crippen molar-refractivity contribution in [3.8, 4) is 0 Å². The van der Waals surface area contributed by atoms with Gasteiger partial charge >= 0.3 is 6.18 Å². The maximum absolute atomic E-state index is 13.0. The highest BCUT2D eigenvalue weighted by Crippen LogP contribution is 2.36. The molecule has 0 fully saturated rings. The van der Waals surface area contributed by atoms with Gasteiger partial charge in [0.2, 0.25) is 0 Å². The second-order valence-electron chi connectivity index (χ2n) is 7.97. The zero-order chi connectivity index (χ0) is 24.6. The van der Waals surface area contributed by atoms with Gasteiger partial charge in [-0.15, -0.1) is 11.3 Å². The molecule has 178 valence electrons. The Labute approximate surface area is 201 Å². The Morgan fingerprint density at radius 1 is 1.20 bits per heavy atom. The lowest BCUT2D eigenvalue weighted by atomic mass is 9.98. The Morgan fingerprint density at radius 3 is 2.83 bits per heavy atom. The molecule has 8 nitrogen and oxygen atoms in total. The van der Waals surface area contributed by atoms with E-state index in [1.165, 1.54) is 23.7 Å². The van der Waals surface area contributed by atoms with E-state index in [0.717, 1.165) is 12.1 Å². The average Bonchev–Trinajstić information content (AvgIpc) is 3.58. The summed E-state index contributed by atoms with van der Waals surface area (Å²) in [4.78, 5) is 29.5. The number of carbonyl (C=O) groups is 1. The molecule has 4 heterocycles. The fourth-order valence-corrected chi connectivity index (χ4v) is 4.17. The first-order valence-corrected chi connectivity index (χ1v) is 11.4. The van der Waals surface area contributed by atoms with Gasteiger partial charge in [-0.3, -0.25) is 4.79 Å². The van der Waals surface area contributed by atoms with E-state index >= 15 is 0 Å². The number of rotatable bonds is 7. The molecular weight excluding hydrogens is 481 g/mol. The highest BCUT2D eigenvalue weighted by atomic mass is 32.1. The van der Waals surface area contributed by atoms with E-state index in [4.69, 9.17) is 4.52 Å². The zero-order valence-corrected chi connectivity index (χ0v) is 19.0. The number of fused-ring (bicyclic) bond motifs is 1. The van der Waals surface area contributed by atoms with Gasteiger partial charge in [-0.2, -0.15) is 13.2 Å². The van der Waals surface area contributed by atoms with Gasteiger partial charge in [0.1, 0.15) is 17.8 Å². The molecule has 35 heavy (non-hydrogen) atoms. The Balaban J connectivity index is 1.25. The molecule has 1 atom stereocenters. The molecule has 1 N–H and O–H groups in total. The van der Waals surface area contributed by atoms with Crippen molar-refractivity contribution in [3.63, 3.8) is 0 Å². The van der Waals surface area contributed by atoms with Crippen molar-refractivity contribution in [2.24, 2.45) is 4.99 Å². The van der Waals surface area contributed by atoms with Crippen LogP contribution in [0.15, 0.2) is 57.8 Å². The number of anilines is 2. The molecule has 1 aliphatic heterocycles. The third-order valence-electron chi connectivity index (χ3n) is 5.45. The maximum atomic E-state index is 13.0. The first kappa shape index (κ1) is 22.8. The van der Waals surface area contributed by atoms with Gasteiger partial charge in [0.15, 0.2) is 16.7 Å². The minimum absolute atomic E-state index is 0.126. The Morgan fingerprint density at radius 2 is 2.06 bits per heavy atom. The van der Waals surface area contributed by atoms with Gasteiger partial charge in [0.05, 0.1) is 22.7 Å². The van der Waals surface area contributed by atoms with Crippen molar-refractivity contribution in [1.29, 1.82) is 0 Å². The largest absolute Gasteiger partial charge is 0.416 e. The molecule has 0 aliphatic carbocycles. The number of aliphatic imine (C=N–C) groups is 1. The van der Waals surface area contributed by atoms with Crippen molar-refractivity contribution in [2.45, 2.75) is 31.9 Å². The van der Waals surface area contributed by atoms with E-state index in [9.17, 15) is 18.0 Å². The molecule has 0 bridgehead atoms. The van der Waals surface area contributed by atoms with Gasteiger partial charge in [0.25, 0.3) is 0 Å². The Kier molecular flexibility index (Phi) is 5.89. The third kappa shape index (κ3) is 4.97. The standard InChI is InChI=1S/C23H17F3N6O2S/c1-12(6-19(33)17-10-21(29-11-28-17)31-22-27-4-5-35-22)16-9-20(34-32-16)18-8-13-7-14(23(24,25)26)2-3-15(13)30-18/h2-5,7,9-12H,6,8H2,1H3,(H,27,28,29,31)/t12-/m0/s1. The summed E-state index contributed by atoms with van der Waals surface area (Å²) in [6.07, 6.45) is -1.12. The number of halogens is 3. The van der Waals surface area contributed by atoms with Crippen molar-refractivity contribution in [2.75, 3.05) is 5.32 Å². The second kappa shape index (κ2) is 9.02. The topological polar surface area (TPSA) is 106 Å². The van der Waals surface area contributed by atoms with Gasteiger partial charge in [-0.05, 0) is 23.8 Å². The van der Waals surface area contributed by atoms with Crippen LogP contribution in [0.25, 0.3) is 0 Å². The SMILES string of the molecule is C[C@@H](CC(=O)c1cc(Nc2nccs2)ncn1)c1cc(C2=Nc3ccc(C(F)(F)F)cc3C2)on1. The minimum atomic E-state index is -4.42. The summed E-state index contributed by atoms with van der Waals surface area (Å²) in [5, 5.41) is 9.54. The number of Topliss-reactive ketones (excluding diaryl/α,β-unsaturated/α-hetero) is 1. The van der Waals surface area contributed by atoms with Crippen LogP contribution in [-0.4, -0.2) is 31.6 Å². The van der Waals surface area contributed by atoms with Gasteiger partial charge in [0, 0.05) is 42.5 Å². The third-order valence-corrected chi connectivity index (χ3v) is 6.14. The molecule has 1 aliphatic rings. The number of nitrogens with zero attached hydrogens (tertiary/aromatic N) is 5. The average molecular weight is 498 g/mol. The van der Waals surface area contributed by atoms with E-state index in [0.29, 0.717) is 39.4 Å². The zero-order valence-electron chi connectivity index (χ0n) is 18.2. The molecule has 0 amide bonds. The number of nitrogens with one attached hydrogen (secondary N) is 1. The number of thiazole rings is 1. The molecule has 5 rings (SSSR count). The fraction of sp³-hybridized carbons (Fsp3) is 0.217. The van der Waals surface area contributed by atoms with Crippen LogP contribution in [0, 0.1) is 0 Å². The van der Waals surface area contributed by atoms with Crippen molar-refractivity contribution >= 4 is 39.5 Å². The van der Waals surface area contributed by atoms with Crippen molar-refractivity contribution in [3.05, 3.63) is 76.5 Å². The predicted molar refractivity (Wildman–Crippen MR) is 123 cm³/mol. The lowest BCUT2D eigenvalue weighted by Gasteiger charge is -2.07. The summed E-state index contributed by atoms with van der Waals surface area (Å²) in [6.45, 7) is 1.83. The molecular formula is C23H17F3N6O2S. The van der Waals surface area contributed by atoms with Crippen molar-refractivity contribution in [1.82, 2.24) is 20.1 Å². The van der Waals surface area contributed by atoms with Crippen LogP contribution in [0.5, 0.6) is 0 Å². The number of hydrogen-bond donors (Lipinski definition) is 1. The van der Waals surface area contributed by atoms with Crippen LogP contribution < -0.4 is 5.32 Å². The van der Waals surface area contributed by atoms with Gasteiger partial charge < -0.3 is 9.84 Å². The summed E-state index contributed by atoms with van der Waals surface area (Å²) < 4.78 is 44.4. The lowest BCUT2D eigenvalue weighted by molar-refractivity contribution is -0.137. The molecule has 12 heteroatoms. The lowest BCUT2D eigenvalue weighted by Crippen LogP contribution is -2.08. The molecule has 4 aromatic rings. The first-order chi connectivity index (χ1) is 16.8. The number of ketones is 1. The van der Waals surface area contributed by atoms with E-state index in [1.54, 1.807) is 18.3 Å². The van der Waals surface area contributed by atoms with E-state index < -0.39 is 11.7 Å². The highest BCUT2D eigenvalue weighted by Gasteiger charge is 2.32. The molecule has 0 radical (unpaired) electrons.